The van der Waals surface area contributed by atoms with Gasteiger partial charge < -0.3 is 0 Å². The second-order valence-electron chi connectivity index (χ2n) is 4.27. The molecule has 0 amide bonds. The van der Waals surface area contributed by atoms with Crippen LogP contribution in [0.5, 0.6) is 0 Å². The van der Waals surface area contributed by atoms with E-state index in [4.69, 9.17) is 0 Å². The van der Waals surface area contributed by atoms with E-state index < -0.39 is 0 Å². The summed E-state index contributed by atoms with van der Waals surface area (Å²) in [4.78, 5) is 16.5. The Bertz CT molecular complexity index is 543. The summed E-state index contributed by atoms with van der Waals surface area (Å²) in [6.45, 7) is 4.14. The first kappa shape index (κ1) is 12.5. The van der Waals surface area contributed by atoms with Gasteiger partial charge >= 0.3 is 0 Å². The summed E-state index contributed by atoms with van der Waals surface area (Å²) >= 11 is 0. The van der Waals surface area contributed by atoms with Crippen LogP contribution in [0.15, 0.2) is 42.7 Å². The maximum Gasteiger partial charge on any atom is 0.193 e. The molecule has 0 aliphatic rings. The van der Waals surface area contributed by atoms with E-state index in [2.05, 4.69) is 11.9 Å². The van der Waals surface area contributed by atoms with Crippen molar-refractivity contribution in [2.75, 3.05) is 0 Å². The second kappa shape index (κ2) is 5.58. The van der Waals surface area contributed by atoms with Gasteiger partial charge in [0.15, 0.2) is 5.78 Å². The van der Waals surface area contributed by atoms with Gasteiger partial charge in [-0.2, -0.15) is 0 Å². The molecule has 0 fully saturated rings. The minimum Gasteiger partial charge on any atom is -0.289 e. The van der Waals surface area contributed by atoms with Crippen molar-refractivity contribution >= 4 is 5.78 Å². The maximum atomic E-state index is 12.4. The van der Waals surface area contributed by atoms with Gasteiger partial charge in [-0.1, -0.05) is 38.1 Å². The standard InChI is InChI=1S/C16H17NO/c1-3-12-5-7-14(8-6-12)16(18)15-9-10-17-11-13(15)4-2/h5-11H,3-4H2,1-2H3. The zero-order chi connectivity index (χ0) is 13.0. The van der Waals surface area contributed by atoms with Gasteiger partial charge in [-0.15, -0.1) is 0 Å². The molecule has 1 aromatic heterocycles. The Morgan fingerprint density at radius 2 is 1.78 bits per heavy atom. The van der Waals surface area contributed by atoms with Crippen LogP contribution in [0.4, 0.5) is 0 Å². The van der Waals surface area contributed by atoms with Crippen molar-refractivity contribution in [1.29, 1.82) is 0 Å². The lowest BCUT2D eigenvalue weighted by molar-refractivity contribution is 0.103. The molecule has 92 valence electrons. The van der Waals surface area contributed by atoms with E-state index in [1.807, 2.05) is 31.2 Å². The summed E-state index contributed by atoms with van der Waals surface area (Å²) in [6.07, 6.45) is 5.26. The highest BCUT2D eigenvalue weighted by atomic mass is 16.1. The number of benzene rings is 1. The lowest BCUT2D eigenvalue weighted by atomic mass is 9.98. The van der Waals surface area contributed by atoms with Crippen LogP contribution in [0.1, 0.15) is 40.9 Å². The average Bonchev–Trinajstić information content (AvgIpc) is 2.46. The Balaban J connectivity index is 2.35. The highest BCUT2D eigenvalue weighted by Gasteiger charge is 2.12. The van der Waals surface area contributed by atoms with Crippen molar-refractivity contribution in [3.63, 3.8) is 0 Å². The van der Waals surface area contributed by atoms with E-state index in [1.54, 1.807) is 18.5 Å². The molecule has 2 rings (SSSR count). The van der Waals surface area contributed by atoms with Crippen molar-refractivity contribution in [3.05, 3.63) is 65.0 Å². The van der Waals surface area contributed by atoms with Crippen LogP contribution >= 0.6 is 0 Å². The van der Waals surface area contributed by atoms with E-state index in [0.29, 0.717) is 0 Å². The van der Waals surface area contributed by atoms with E-state index in [0.717, 1.165) is 29.5 Å². The lowest BCUT2D eigenvalue weighted by Gasteiger charge is -2.06. The highest BCUT2D eigenvalue weighted by molar-refractivity contribution is 6.09. The molecule has 0 unspecified atom stereocenters. The van der Waals surface area contributed by atoms with Crippen LogP contribution in [-0.4, -0.2) is 10.8 Å². The van der Waals surface area contributed by atoms with Crippen molar-refractivity contribution in [3.8, 4) is 0 Å². The summed E-state index contributed by atoms with van der Waals surface area (Å²) in [6, 6.07) is 9.64. The molecule has 0 radical (unpaired) electrons. The summed E-state index contributed by atoms with van der Waals surface area (Å²) in [7, 11) is 0. The lowest BCUT2D eigenvalue weighted by Crippen LogP contribution is -2.05. The third-order valence-electron chi connectivity index (χ3n) is 3.15. The number of carbonyl (C=O) groups excluding carboxylic acids is 1. The molecule has 1 heterocycles. The molecule has 0 atom stereocenters. The molecule has 0 spiro atoms. The molecule has 0 saturated heterocycles. The SMILES string of the molecule is CCc1ccc(C(=O)c2ccncc2CC)cc1. The topological polar surface area (TPSA) is 30.0 Å². The molecule has 1 aromatic carbocycles. The highest BCUT2D eigenvalue weighted by Crippen LogP contribution is 2.15. The maximum absolute atomic E-state index is 12.4. The Morgan fingerprint density at radius 3 is 2.39 bits per heavy atom. The summed E-state index contributed by atoms with van der Waals surface area (Å²) in [5.41, 5.74) is 3.75. The first-order valence-corrected chi connectivity index (χ1v) is 6.32. The monoisotopic (exact) mass is 239 g/mol. The number of pyridine rings is 1. The van der Waals surface area contributed by atoms with Gasteiger partial charge in [0, 0.05) is 23.5 Å². The number of carbonyl (C=O) groups is 1. The fraction of sp³-hybridized carbons (Fsp3) is 0.250. The number of aromatic nitrogens is 1. The van der Waals surface area contributed by atoms with Crippen LogP contribution in [0, 0.1) is 0 Å². The molecule has 0 aliphatic heterocycles. The zero-order valence-electron chi connectivity index (χ0n) is 10.8. The van der Waals surface area contributed by atoms with Gasteiger partial charge in [-0.25, -0.2) is 0 Å². The fourth-order valence-corrected chi connectivity index (χ4v) is 1.98. The predicted octanol–water partition coefficient (Wildman–Crippen LogP) is 3.44. The average molecular weight is 239 g/mol. The van der Waals surface area contributed by atoms with Crippen LogP contribution < -0.4 is 0 Å². The number of hydrogen-bond acceptors (Lipinski definition) is 2. The molecule has 0 bridgehead atoms. The first-order valence-electron chi connectivity index (χ1n) is 6.32. The minimum absolute atomic E-state index is 0.0805. The van der Waals surface area contributed by atoms with Gasteiger partial charge in [0.05, 0.1) is 0 Å². The Kier molecular flexibility index (Phi) is 3.88. The van der Waals surface area contributed by atoms with Crippen molar-refractivity contribution in [2.24, 2.45) is 0 Å². The fourth-order valence-electron chi connectivity index (χ4n) is 1.98. The molecule has 2 heteroatoms. The molecule has 2 aromatic rings. The van der Waals surface area contributed by atoms with E-state index in [1.165, 1.54) is 5.56 Å². The summed E-state index contributed by atoms with van der Waals surface area (Å²) in [5.74, 6) is 0.0805. The van der Waals surface area contributed by atoms with Gasteiger partial charge in [-0.3, -0.25) is 9.78 Å². The smallest absolute Gasteiger partial charge is 0.193 e. The molecule has 0 aliphatic carbocycles. The second-order valence-corrected chi connectivity index (χ2v) is 4.27. The number of nitrogens with zero attached hydrogens (tertiary/aromatic N) is 1. The van der Waals surface area contributed by atoms with Gasteiger partial charge in [-0.05, 0) is 30.0 Å². The van der Waals surface area contributed by atoms with E-state index in [9.17, 15) is 4.79 Å². The largest absolute Gasteiger partial charge is 0.289 e. The molecule has 0 saturated carbocycles. The minimum atomic E-state index is 0.0805. The van der Waals surface area contributed by atoms with E-state index in [-0.39, 0.29) is 5.78 Å². The van der Waals surface area contributed by atoms with Crippen molar-refractivity contribution in [2.45, 2.75) is 26.7 Å². The van der Waals surface area contributed by atoms with Crippen molar-refractivity contribution in [1.82, 2.24) is 4.98 Å². The van der Waals surface area contributed by atoms with Crippen LogP contribution in [0.3, 0.4) is 0 Å². The van der Waals surface area contributed by atoms with Crippen LogP contribution in [-0.2, 0) is 12.8 Å². The van der Waals surface area contributed by atoms with Crippen molar-refractivity contribution < 1.29 is 4.79 Å². The normalized spacial score (nSPS) is 10.3. The third-order valence-corrected chi connectivity index (χ3v) is 3.15. The van der Waals surface area contributed by atoms with Crippen LogP contribution in [0.2, 0.25) is 0 Å². The Morgan fingerprint density at radius 1 is 1.06 bits per heavy atom. The van der Waals surface area contributed by atoms with E-state index >= 15 is 0 Å². The molecule has 18 heavy (non-hydrogen) atoms. The zero-order valence-corrected chi connectivity index (χ0v) is 10.8. The van der Waals surface area contributed by atoms with Crippen LogP contribution in [0.25, 0.3) is 0 Å². The number of ketones is 1. The number of hydrogen-bond donors (Lipinski definition) is 0. The quantitative estimate of drug-likeness (QED) is 0.765. The molecular formula is C16H17NO. The molecule has 0 N–H and O–H groups in total. The van der Waals surface area contributed by atoms with Gasteiger partial charge in [0.25, 0.3) is 0 Å². The van der Waals surface area contributed by atoms with Gasteiger partial charge in [0.1, 0.15) is 0 Å². The number of aryl methyl sites for hydroxylation is 2. The Labute approximate surface area is 108 Å². The van der Waals surface area contributed by atoms with Gasteiger partial charge in [0.2, 0.25) is 0 Å². The number of rotatable bonds is 4. The summed E-state index contributed by atoms with van der Waals surface area (Å²) in [5, 5.41) is 0. The third kappa shape index (κ3) is 2.48. The summed E-state index contributed by atoms with van der Waals surface area (Å²) < 4.78 is 0. The molecule has 2 nitrogen and oxygen atoms in total. The predicted molar refractivity (Wildman–Crippen MR) is 72.9 cm³/mol. The first-order chi connectivity index (χ1) is 8.76. The Hall–Kier alpha value is -1.96. The molecular weight excluding hydrogens is 222 g/mol.